The maximum Gasteiger partial charge on any atom is 0.220 e. The molecule has 18 heavy (non-hydrogen) atoms. The van der Waals surface area contributed by atoms with Crippen LogP contribution in [0.4, 0.5) is 0 Å². The average molecular weight is 254 g/mol. The highest BCUT2D eigenvalue weighted by atomic mass is 16.3. The summed E-state index contributed by atoms with van der Waals surface area (Å²) in [6.45, 7) is 5.97. The molecule has 2 fully saturated rings. The van der Waals surface area contributed by atoms with Crippen molar-refractivity contribution in [1.29, 1.82) is 0 Å². The Hall–Kier alpha value is -0.610. The topological polar surface area (TPSA) is 61.4 Å². The van der Waals surface area contributed by atoms with Gasteiger partial charge >= 0.3 is 0 Å². The van der Waals surface area contributed by atoms with Crippen LogP contribution in [0.5, 0.6) is 0 Å². The molecule has 1 amide bonds. The summed E-state index contributed by atoms with van der Waals surface area (Å²) in [5.41, 5.74) is -0.163. The van der Waals surface area contributed by atoms with Gasteiger partial charge in [0.15, 0.2) is 0 Å². The van der Waals surface area contributed by atoms with Gasteiger partial charge in [0.05, 0.1) is 5.60 Å². The van der Waals surface area contributed by atoms with Crippen molar-refractivity contribution < 1.29 is 9.90 Å². The highest BCUT2D eigenvalue weighted by Crippen LogP contribution is 2.39. The predicted octanol–water partition coefficient (Wildman–Crippen LogP) is 1.19. The van der Waals surface area contributed by atoms with Crippen molar-refractivity contribution in [1.82, 2.24) is 10.6 Å². The average Bonchev–Trinajstić information content (AvgIpc) is 2.70. The Morgan fingerprint density at radius 1 is 1.33 bits per heavy atom. The number of hydrogen-bond donors (Lipinski definition) is 3. The molecule has 1 atom stereocenters. The summed E-state index contributed by atoms with van der Waals surface area (Å²) < 4.78 is 0. The fourth-order valence-electron chi connectivity index (χ4n) is 2.88. The molecule has 1 aliphatic carbocycles. The Morgan fingerprint density at radius 2 is 2.00 bits per heavy atom. The molecule has 1 heterocycles. The van der Waals surface area contributed by atoms with E-state index in [4.69, 9.17) is 0 Å². The minimum absolute atomic E-state index is 0.153. The maximum absolute atomic E-state index is 11.1. The third-order valence-electron chi connectivity index (χ3n) is 4.46. The van der Waals surface area contributed by atoms with Gasteiger partial charge in [-0.2, -0.15) is 0 Å². The second-order valence-corrected chi connectivity index (χ2v) is 6.82. The lowest BCUT2D eigenvalue weighted by Crippen LogP contribution is -2.47. The first-order chi connectivity index (χ1) is 8.39. The van der Waals surface area contributed by atoms with E-state index in [-0.39, 0.29) is 11.9 Å². The van der Waals surface area contributed by atoms with E-state index in [0.717, 1.165) is 38.6 Å². The molecule has 1 saturated carbocycles. The Morgan fingerprint density at radius 3 is 2.56 bits per heavy atom. The maximum atomic E-state index is 11.1. The molecule has 1 aliphatic heterocycles. The SMILES string of the molecule is CC1(C)CCC(O)(CNCC2CCC(=O)N2)CC1. The molecular weight excluding hydrogens is 228 g/mol. The highest BCUT2D eigenvalue weighted by molar-refractivity contribution is 5.78. The molecule has 0 aromatic rings. The van der Waals surface area contributed by atoms with Gasteiger partial charge in [-0.3, -0.25) is 4.79 Å². The van der Waals surface area contributed by atoms with E-state index in [9.17, 15) is 9.90 Å². The van der Waals surface area contributed by atoms with E-state index in [0.29, 0.717) is 18.4 Å². The zero-order chi connectivity index (χ0) is 13.2. The minimum atomic E-state index is -0.544. The fraction of sp³-hybridized carbons (Fsp3) is 0.929. The van der Waals surface area contributed by atoms with Gasteiger partial charge < -0.3 is 15.7 Å². The number of aliphatic hydroxyl groups is 1. The molecule has 4 nitrogen and oxygen atoms in total. The van der Waals surface area contributed by atoms with Crippen LogP contribution in [0.2, 0.25) is 0 Å². The summed E-state index contributed by atoms with van der Waals surface area (Å²) in [5.74, 6) is 0.153. The molecule has 0 aromatic heterocycles. The smallest absolute Gasteiger partial charge is 0.220 e. The lowest BCUT2D eigenvalue weighted by Gasteiger charge is -2.40. The molecule has 1 unspecified atom stereocenters. The van der Waals surface area contributed by atoms with Crippen LogP contribution in [-0.2, 0) is 4.79 Å². The highest BCUT2D eigenvalue weighted by Gasteiger charge is 2.36. The summed E-state index contributed by atoms with van der Waals surface area (Å²) in [6, 6.07) is 0.251. The van der Waals surface area contributed by atoms with Gasteiger partial charge in [0, 0.05) is 25.6 Å². The van der Waals surface area contributed by atoms with Gasteiger partial charge in [-0.25, -0.2) is 0 Å². The van der Waals surface area contributed by atoms with E-state index >= 15 is 0 Å². The summed E-state index contributed by atoms with van der Waals surface area (Å²) >= 11 is 0. The summed E-state index contributed by atoms with van der Waals surface area (Å²) in [4.78, 5) is 11.1. The number of carbonyl (C=O) groups excluding carboxylic acids is 1. The normalized spacial score (nSPS) is 30.2. The second kappa shape index (κ2) is 5.17. The molecule has 2 aliphatic rings. The first-order valence-corrected chi connectivity index (χ1v) is 7.11. The van der Waals surface area contributed by atoms with Crippen LogP contribution < -0.4 is 10.6 Å². The first-order valence-electron chi connectivity index (χ1n) is 7.11. The Balaban J connectivity index is 1.68. The standard InChI is InChI=1S/C14H26N2O2/c1-13(2)5-7-14(18,8-6-13)10-15-9-11-3-4-12(17)16-11/h11,15,18H,3-10H2,1-2H3,(H,16,17). The van der Waals surface area contributed by atoms with Crippen molar-refractivity contribution in [2.75, 3.05) is 13.1 Å². The first kappa shape index (κ1) is 13.8. The third-order valence-corrected chi connectivity index (χ3v) is 4.46. The van der Waals surface area contributed by atoms with Crippen LogP contribution in [0.25, 0.3) is 0 Å². The van der Waals surface area contributed by atoms with Crippen LogP contribution in [0.15, 0.2) is 0 Å². The number of carbonyl (C=O) groups is 1. The van der Waals surface area contributed by atoms with Gasteiger partial charge in [0.25, 0.3) is 0 Å². The van der Waals surface area contributed by atoms with Gasteiger partial charge in [-0.15, -0.1) is 0 Å². The molecule has 3 N–H and O–H groups in total. The number of hydrogen-bond acceptors (Lipinski definition) is 3. The van der Waals surface area contributed by atoms with Gasteiger partial charge in [-0.1, -0.05) is 13.8 Å². The van der Waals surface area contributed by atoms with E-state index < -0.39 is 5.60 Å². The van der Waals surface area contributed by atoms with Crippen molar-refractivity contribution in [3.63, 3.8) is 0 Å². The Kier molecular flexibility index (Phi) is 3.97. The number of nitrogens with one attached hydrogen (secondary N) is 2. The minimum Gasteiger partial charge on any atom is -0.389 e. The number of rotatable bonds is 4. The Bertz CT molecular complexity index is 305. The van der Waals surface area contributed by atoms with E-state index in [2.05, 4.69) is 24.5 Å². The summed E-state index contributed by atoms with van der Waals surface area (Å²) in [7, 11) is 0. The van der Waals surface area contributed by atoms with Crippen LogP contribution in [0.1, 0.15) is 52.4 Å². The molecule has 4 heteroatoms. The molecule has 0 bridgehead atoms. The summed E-state index contributed by atoms with van der Waals surface area (Å²) in [6.07, 6.45) is 5.49. The molecule has 104 valence electrons. The lowest BCUT2D eigenvalue weighted by atomic mass is 9.71. The monoisotopic (exact) mass is 254 g/mol. The lowest BCUT2D eigenvalue weighted by molar-refractivity contribution is -0.119. The molecule has 0 aromatic carbocycles. The van der Waals surface area contributed by atoms with Crippen molar-refractivity contribution in [3.05, 3.63) is 0 Å². The van der Waals surface area contributed by atoms with Crippen LogP contribution in [-0.4, -0.2) is 35.7 Å². The van der Waals surface area contributed by atoms with Crippen molar-refractivity contribution >= 4 is 5.91 Å². The fourth-order valence-corrected chi connectivity index (χ4v) is 2.88. The Labute approximate surface area is 110 Å². The van der Waals surface area contributed by atoms with Crippen molar-refractivity contribution in [2.24, 2.45) is 5.41 Å². The predicted molar refractivity (Wildman–Crippen MR) is 71.2 cm³/mol. The van der Waals surface area contributed by atoms with Crippen molar-refractivity contribution in [2.45, 2.75) is 64.0 Å². The molecule has 2 rings (SSSR count). The quantitative estimate of drug-likeness (QED) is 0.706. The van der Waals surface area contributed by atoms with Crippen molar-refractivity contribution in [3.8, 4) is 0 Å². The van der Waals surface area contributed by atoms with Crippen LogP contribution >= 0.6 is 0 Å². The van der Waals surface area contributed by atoms with E-state index in [1.165, 1.54) is 0 Å². The number of amides is 1. The molecule has 0 spiro atoms. The van der Waals surface area contributed by atoms with Crippen LogP contribution in [0, 0.1) is 5.41 Å². The molecular formula is C14H26N2O2. The molecule has 1 saturated heterocycles. The largest absolute Gasteiger partial charge is 0.389 e. The zero-order valence-electron chi connectivity index (χ0n) is 11.6. The van der Waals surface area contributed by atoms with E-state index in [1.807, 2.05) is 0 Å². The summed E-state index contributed by atoms with van der Waals surface area (Å²) in [5, 5.41) is 16.7. The van der Waals surface area contributed by atoms with Gasteiger partial charge in [-0.05, 0) is 37.5 Å². The van der Waals surface area contributed by atoms with Crippen LogP contribution in [0.3, 0.4) is 0 Å². The molecule has 0 radical (unpaired) electrons. The van der Waals surface area contributed by atoms with Gasteiger partial charge in [0.2, 0.25) is 5.91 Å². The zero-order valence-corrected chi connectivity index (χ0v) is 11.6. The van der Waals surface area contributed by atoms with E-state index in [1.54, 1.807) is 0 Å². The second-order valence-electron chi connectivity index (χ2n) is 6.82. The van der Waals surface area contributed by atoms with Gasteiger partial charge in [0.1, 0.15) is 0 Å². The third kappa shape index (κ3) is 3.69.